The molecule has 0 heterocycles. The van der Waals surface area contributed by atoms with Crippen molar-refractivity contribution in [1.82, 2.24) is 0 Å². The number of benzene rings is 2. The summed E-state index contributed by atoms with van der Waals surface area (Å²) in [7, 11) is -0.0631. The summed E-state index contributed by atoms with van der Waals surface area (Å²) in [6, 6.07) is 11.3. The van der Waals surface area contributed by atoms with E-state index in [1.165, 1.54) is 0 Å². The third-order valence-electron chi connectivity index (χ3n) is 4.47. The number of rotatable bonds is 9. The van der Waals surface area contributed by atoms with Crippen molar-refractivity contribution in [3.8, 4) is 11.5 Å². The molecule has 0 saturated heterocycles. The van der Waals surface area contributed by atoms with Gasteiger partial charge in [0, 0.05) is 35.8 Å². The summed E-state index contributed by atoms with van der Waals surface area (Å²) >= 11 is 6.27. The maximum Gasteiger partial charge on any atom is 0.187 e. The smallest absolute Gasteiger partial charge is 0.187 e. The number of hydrogen-bond donors (Lipinski definition) is 0. The molecular formula is C22H28ClLiO3P. The van der Waals surface area contributed by atoms with E-state index in [9.17, 15) is 4.79 Å². The zero-order valence-corrected chi connectivity index (χ0v) is 19.4. The topological polar surface area (TPSA) is 35.5 Å². The molecule has 3 atom stereocenters. The minimum absolute atomic E-state index is 0. The van der Waals surface area contributed by atoms with Gasteiger partial charge < -0.3 is 9.47 Å². The first kappa shape index (κ1) is 25.1. The fourth-order valence-electron chi connectivity index (χ4n) is 2.50. The van der Waals surface area contributed by atoms with Crippen LogP contribution in [0.25, 0.3) is 0 Å². The van der Waals surface area contributed by atoms with Crippen LogP contribution in [0.4, 0.5) is 0 Å². The summed E-state index contributed by atoms with van der Waals surface area (Å²) in [5.41, 5.74) is 1.50. The van der Waals surface area contributed by atoms with E-state index in [0.29, 0.717) is 16.3 Å². The first-order valence-electron chi connectivity index (χ1n) is 9.39. The second-order valence-electron chi connectivity index (χ2n) is 6.72. The van der Waals surface area contributed by atoms with Crippen molar-refractivity contribution in [2.75, 3.05) is 0 Å². The molecule has 2 rings (SSSR count). The minimum atomic E-state index is -0.0631. The van der Waals surface area contributed by atoms with E-state index in [2.05, 4.69) is 13.8 Å². The summed E-state index contributed by atoms with van der Waals surface area (Å²) in [5.74, 6) is 1.47. The predicted molar refractivity (Wildman–Crippen MR) is 121 cm³/mol. The van der Waals surface area contributed by atoms with E-state index in [1.807, 2.05) is 51.1 Å². The van der Waals surface area contributed by atoms with Gasteiger partial charge in [0.1, 0.15) is 11.5 Å². The van der Waals surface area contributed by atoms with Gasteiger partial charge in [-0.15, -0.1) is 0 Å². The second-order valence-corrected chi connectivity index (χ2v) is 8.37. The third kappa shape index (κ3) is 6.82. The van der Waals surface area contributed by atoms with Gasteiger partial charge in [0.2, 0.25) is 0 Å². The molecule has 0 fully saturated rings. The van der Waals surface area contributed by atoms with Gasteiger partial charge >= 0.3 is 0 Å². The third-order valence-corrected chi connectivity index (χ3v) is 5.94. The Bertz CT molecular complexity index is 777. The number of hydrogen-bond acceptors (Lipinski definition) is 3. The van der Waals surface area contributed by atoms with Gasteiger partial charge in [-0.1, -0.05) is 37.6 Å². The van der Waals surface area contributed by atoms with Crippen molar-refractivity contribution >= 4 is 49.9 Å². The van der Waals surface area contributed by atoms with Crippen LogP contribution in [-0.2, 0) is 0 Å². The molecule has 2 aromatic carbocycles. The van der Waals surface area contributed by atoms with E-state index >= 15 is 0 Å². The molecule has 0 aromatic heterocycles. The molecule has 0 aliphatic carbocycles. The van der Waals surface area contributed by atoms with Crippen LogP contribution in [0.3, 0.4) is 0 Å². The van der Waals surface area contributed by atoms with Crippen LogP contribution >= 0.6 is 20.2 Å². The van der Waals surface area contributed by atoms with E-state index in [0.717, 1.165) is 29.5 Å². The van der Waals surface area contributed by atoms with Crippen LogP contribution in [0.2, 0.25) is 5.02 Å². The van der Waals surface area contributed by atoms with Crippen LogP contribution in [0.15, 0.2) is 36.4 Å². The second kappa shape index (κ2) is 11.9. The Morgan fingerprint density at radius 1 is 1.07 bits per heavy atom. The molecular weight excluding hydrogens is 386 g/mol. The molecule has 3 unspecified atom stereocenters. The van der Waals surface area contributed by atoms with Gasteiger partial charge in [0.15, 0.2) is 5.52 Å². The van der Waals surface area contributed by atoms with Gasteiger partial charge in [-0.2, -0.15) is 0 Å². The summed E-state index contributed by atoms with van der Waals surface area (Å²) in [5, 5.41) is 1.37. The summed E-state index contributed by atoms with van der Waals surface area (Å²) in [6.45, 7) is 10.1. The molecule has 3 nitrogen and oxygen atoms in total. The summed E-state index contributed by atoms with van der Waals surface area (Å²) in [4.78, 5) is 12.9. The monoisotopic (exact) mass is 413 g/mol. The van der Waals surface area contributed by atoms with Crippen LogP contribution in [0.1, 0.15) is 56.5 Å². The van der Waals surface area contributed by atoms with E-state index in [-0.39, 0.29) is 45.2 Å². The van der Waals surface area contributed by atoms with E-state index in [1.54, 1.807) is 6.07 Å². The summed E-state index contributed by atoms with van der Waals surface area (Å²) < 4.78 is 12.0. The first-order chi connectivity index (χ1) is 12.8. The average Bonchev–Trinajstić information content (AvgIpc) is 2.63. The quantitative estimate of drug-likeness (QED) is 0.387. The molecule has 0 bridgehead atoms. The Hall–Kier alpha value is -0.973. The number of halogens is 1. The van der Waals surface area contributed by atoms with Gasteiger partial charge in [0.25, 0.3) is 0 Å². The fourth-order valence-corrected chi connectivity index (χ4v) is 4.01. The molecule has 0 amide bonds. The Kier molecular flexibility index (Phi) is 10.6. The van der Waals surface area contributed by atoms with Gasteiger partial charge in [-0.25, -0.2) is 0 Å². The fraction of sp³-hybridized carbons (Fsp3) is 0.409. The Morgan fingerprint density at radius 3 is 2.32 bits per heavy atom. The van der Waals surface area contributed by atoms with Crippen molar-refractivity contribution in [2.45, 2.75) is 59.7 Å². The molecule has 147 valence electrons. The maximum atomic E-state index is 12.9. The number of aryl methyl sites for hydroxylation is 1. The molecule has 28 heavy (non-hydrogen) atoms. The van der Waals surface area contributed by atoms with Crippen LogP contribution in [-0.4, -0.2) is 36.6 Å². The minimum Gasteiger partial charge on any atom is -0.491 e. The SMILES string of the molecule is CCC(C)Oc1ccc(PC(=O)c2c(C)cccc2Cl)c(OC(C)CC)c1.[Li]. The average molecular weight is 414 g/mol. The van der Waals surface area contributed by atoms with Crippen molar-refractivity contribution < 1.29 is 14.3 Å². The normalized spacial score (nSPS) is 13.1. The molecule has 0 saturated carbocycles. The van der Waals surface area contributed by atoms with Gasteiger partial charge in [-0.3, -0.25) is 4.79 Å². The van der Waals surface area contributed by atoms with Crippen LogP contribution in [0.5, 0.6) is 11.5 Å². The molecule has 0 aliphatic rings. The van der Waals surface area contributed by atoms with E-state index < -0.39 is 0 Å². The number of ether oxygens (including phenoxy) is 2. The molecule has 0 aliphatic heterocycles. The Balaban J connectivity index is 0.00000392. The van der Waals surface area contributed by atoms with Crippen molar-refractivity contribution in [3.05, 3.63) is 52.5 Å². The van der Waals surface area contributed by atoms with Crippen molar-refractivity contribution in [2.24, 2.45) is 0 Å². The van der Waals surface area contributed by atoms with Gasteiger partial charge in [-0.05, 0) is 66.0 Å². The molecule has 2 aromatic rings. The van der Waals surface area contributed by atoms with Crippen molar-refractivity contribution in [3.63, 3.8) is 0 Å². The Labute approximate surface area is 187 Å². The first-order valence-corrected chi connectivity index (χ1v) is 10.8. The predicted octanol–water partition coefficient (Wildman–Crippen LogP) is 5.77. The molecule has 0 N–H and O–H groups in total. The van der Waals surface area contributed by atoms with Gasteiger partial charge in [0.05, 0.1) is 17.2 Å². The number of carbonyl (C=O) groups is 1. The van der Waals surface area contributed by atoms with Crippen molar-refractivity contribution in [1.29, 1.82) is 0 Å². The largest absolute Gasteiger partial charge is 0.491 e. The standard InChI is InChI=1S/C22H28ClO3P.Li/c1-6-15(4)25-17-11-12-20(19(13-17)26-16(5)7-2)27-22(24)21-14(3)9-8-10-18(21)23;/h8-13,15-16,27H,6-7H2,1-5H3;. The molecule has 1 radical (unpaired) electrons. The zero-order valence-electron chi connectivity index (χ0n) is 17.6. The van der Waals surface area contributed by atoms with Crippen LogP contribution < -0.4 is 14.8 Å². The molecule has 6 heteroatoms. The maximum absolute atomic E-state index is 12.9. The zero-order chi connectivity index (χ0) is 20.0. The summed E-state index contributed by atoms with van der Waals surface area (Å²) in [6.07, 6.45) is 2.00. The molecule has 0 spiro atoms. The van der Waals surface area contributed by atoms with E-state index in [4.69, 9.17) is 21.1 Å². The Morgan fingerprint density at radius 2 is 1.71 bits per heavy atom. The van der Waals surface area contributed by atoms with Crippen LogP contribution in [0, 0.1) is 6.92 Å². The number of carbonyl (C=O) groups excluding carboxylic acids is 1.